The van der Waals surface area contributed by atoms with Crippen molar-refractivity contribution in [3.63, 3.8) is 0 Å². The Labute approximate surface area is 111 Å². The molecule has 1 radical (unpaired) electrons. The molecule has 2 heteroatoms. The predicted molar refractivity (Wildman–Crippen MR) is 76.2 cm³/mol. The van der Waals surface area contributed by atoms with E-state index in [1.54, 1.807) is 5.56 Å². The van der Waals surface area contributed by atoms with Crippen LogP contribution in [0.25, 0.3) is 0 Å². The minimum absolute atomic E-state index is 0.712. The molecule has 1 saturated heterocycles. The smallest absolute Gasteiger partial charge is 0.0402 e. The third kappa shape index (κ3) is 2.14. The molecule has 1 aliphatic heterocycles. The first-order valence-electron chi connectivity index (χ1n) is 7.17. The van der Waals surface area contributed by atoms with E-state index in [0.717, 1.165) is 5.92 Å². The van der Waals surface area contributed by atoms with Crippen molar-refractivity contribution in [1.82, 2.24) is 4.90 Å². The van der Waals surface area contributed by atoms with E-state index in [2.05, 4.69) is 48.2 Å². The van der Waals surface area contributed by atoms with Gasteiger partial charge in [0.25, 0.3) is 0 Å². The first-order chi connectivity index (χ1) is 8.75. The van der Waals surface area contributed by atoms with E-state index in [-0.39, 0.29) is 0 Å². The lowest BCUT2D eigenvalue weighted by Gasteiger charge is -2.31. The van der Waals surface area contributed by atoms with Gasteiger partial charge in [-0.2, -0.15) is 0 Å². The van der Waals surface area contributed by atoms with E-state index in [1.807, 2.05) is 0 Å². The molecule has 2 aliphatic rings. The van der Waals surface area contributed by atoms with Crippen LogP contribution in [0.4, 0.5) is 5.69 Å². The van der Waals surface area contributed by atoms with Crippen molar-refractivity contribution in [2.45, 2.75) is 37.6 Å². The molecule has 1 aromatic carbocycles. The zero-order chi connectivity index (χ0) is 12.5. The highest BCUT2D eigenvalue weighted by molar-refractivity contribution is 5.56. The molecule has 0 N–H and O–H groups in total. The third-order valence-corrected chi connectivity index (χ3v) is 4.65. The van der Waals surface area contributed by atoms with Crippen LogP contribution in [0.1, 0.15) is 37.2 Å². The lowest BCUT2D eigenvalue weighted by Crippen LogP contribution is -2.32. The zero-order valence-electron chi connectivity index (χ0n) is 11.5. The fourth-order valence-corrected chi connectivity index (χ4v) is 3.15. The molecule has 1 heterocycles. The normalized spacial score (nSPS) is 24.6. The SMILES string of the molecule is CN(C)[C@H]1CCN(c2cc[c]cc2C2CCC2)C1. The van der Waals surface area contributed by atoms with E-state index < -0.39 is 0 Å². The standard InChI is InChI=1S/C16H23N2/c1-17(2)14-10-11-18(12-14)16-9-4-3-8-15(16)13-6-5-7-13/h4,8-9,13-14H,5-7,10-12H2,1-2H3/t14-/m0/s1. The Morgan fingerprint density at radius 2 is 2.11 bits per heavy atom. The van der Waals surface area contributed by atoms with Crippen LogP contribution in [0.3, 0.4) is 0 Å². The summed E-state index contributed by atoms with van der Waals surface area (Å²) in [5.41, 5.74) is 3.02. The van der Waals surface area contributed by atoms with Gasteiger partial charge in [0.05, 0.1) is 0 Å². The summed E-state index contributed by atoms with van der Waals surface area (Å²) in [6.07, 6.45) is 5.43. The van der Waals surface area contributed by atoms with Crippen LogP contribution in [-0.2, 0) is 0 Å². The molecule has 0 unspecified atom stereocenters. The molecule has 1 atom stereocenters. The average Bonchev–Trinajstić information content (AvgIpc) is 2.77. The van der Waals surface area contributed by atoms with Gasteiger partial charge < -0.3 is 9.80 Å². The second kappa shape index (κ2) is 4.93. The molecule has 1 aromatic rings. The van der Waals surface area contributed by atoms with Gasteiger partial charge in [0.2, 0.25) is 0 Å². The maximum absolute atomic E-state index is 3.27. The summed E-state index contributed by atoms with van der Waals surface area (Å²) in [7, 11) is 4.39. The molecule has 18 heavy (non-hydrogen) atoms. The van der Waals surface area contributed by atoms with Crippen LogP contribution < -0.4 is 4.90 Å². The quantitative estimate of drug-likeness (QED) is 0.805. The molecule has 1 saturated carbocycles. The van der Waals surface area contributed by atoms with Crippen LogP contribution in [-0.4, -0.2) is 38.1 Å². The topological polar surface area (TPSA) is 6.48 Å². The van der Waals surface area contributed by atoms with Crippen molar-refractivity contribution in [2.24, 2.45) is 0 Å². The molecule has 97 valence electrons. The molecule has 0 aromatic heterocycles. The number of hydrogen-bond acceptors (Lipinski definition) is 2. The fourth-order valence-electron chi connectivity index (χ4n) is 3.15. The summed E-state index contributed by atoms with van der Waals surface area (Å²) in [6.45, 7) is 2.38. The van der Waals surface area contributed by atoms with Crippen LogP contribution in [0.2, 0.25) is 0 Å². The van der Waals surface area contributed by atoms with E-state index in [9.17, 15) is 0 Å². The molecule has 1 aliphatic carbocycles. The van der Waals surface area contributed by atoms with Crippen molar-refractivity contribution < 1.29 is 0 Å². The summed E-state index contributed by atoms with van der Waals surface area (Å²) in [4.78, 5) is 4.93. The highest BCUT2D eigenvalue weighted by atomic mass is 15.2. The first kappa shape index (κ1) is 12.0. The van der Waals surface area contributed by atoms with Crippen molar-refractivity contribution in [1.29, 1.82) is 0 Å². The van der Waals surface area contributed by atoms with Crippen LogP contribution in [0.15, 0.2) is 18.2 Å². The first-order valence-corrected chi connectivity index (χ1v) is 7.17. The molecular formula is C16H23N2. The van der Waals surface area contributed by atoms with E-state index in [1.165, 1.54) is 44.5 Å². The summed E-state index contributed by atoms with van der Waals surface area (Å²) in [6, 6.07) is 10.5. The second-order valence-electron chi connectivity index (χ2n) is 5.96. The number of rotatable bonds is 3. The van der Waals surface area contributed by atoms with Crippen molar-refractivity contribution in [2.75, 3.05) is 32.1 Å². The number of nitrogens with zero attached hydrogens (tertiary/aromatic N) is 2. The molecule has 2 fully saturated rings. The van der Waals surface area contributed by atoms with Gasteiger partial charge in [-0.3, -0.25) is 0 Å². The van der Waals surface area contributed by atoms with Gasteiger partial charge in [-0.25, -0.2) is 0 Å². The molecular weight excluding hydrogens is 220 g/mol. The maximum atomic E-state index is 3.27. The van der Waals surface area contributed by atoms with Gasteiger partial charge in [-0.15, -0.1) is 0 Å². The minimum atomic E-state index is 0.712. The second-order valence-corrected chi connectivity index (χ2v) is 5.96. The molecule has 2 nitrogen and oxygen atoms in total. The Bertz CT molecular complexity index is 409. The molecule has 0 amide bonds. The van der Waals surface area contributed by atoms with Gasteiger partial charge >= 0.3 is 0 Å². The molecule has 0 bridgehead atoms. The molecule has 3 rings (SSSR count). The Hall–Kier alpha value is -1.02. The lowest BCUT2D eigenvalue weighted by molar-refractivity contribution is 0.315. The lowest BCUT2D eigenvalue weighted by atomic mass is 9.79. The number of likely N-dealkylation sites (N-methyl/N-ethyl adjacent to an activating group) is 1. The Morgan fingerprint density at radius 3 is 2.72 bits per heavy atom. The van der Waals surface area contributed by atoms with Gasteiger partial charge in [-0.05, 0) is 63.0 Å². The van der Waals surface area contributed by atoms with Crippen molar-refractivity contribution in [3.05, 3.63) is 29.8 Å². The summed E-state index contributed by atoms with van der Waals surface area (Å²) in [5, 5.41) is 0. The van der Waals surface area contributed by atoms with Gasteiger partial charge in [-0.1, -0.05) is 12.5 Å². The minimum Gasteiger partial charge on any atom is -0.370 e. The van der Waals surface area contributed by atoms with Crippen molar-refractivity contribution >= 4 is 5.69 Å². The van der Waals surface area contributed by atoms with Crippen LogP contribution in [0.5, 0.6) is 0 Å². The number of anilines is 1. The van der Waals surface area contributed by atoms with Gasteiger partial charge in [0, 0.05) is 24.8 Å². The summed E-state index contributed by atoms with van der Waals surface area (Å²) in [5.74, 6) is 0.802. The summed E-state index contributed by atoms with van der Waals surface area (Å²) < 4.78 is 0. The van der Waals surface area contributed by atoms with E-state index in [0.29, 0.717) is 6.04 Å². The Kier molecular flexibility index (Phi) is 3.29. The number of hydrogen-bond donors (Lipinski definition) is 0. The van der Waals surface area contributed by atoms with Gasteiger partial charge in [0.15, 0.2) is 0 Å². The zero-order valence-corrected chi connectivity index (χ0v) is 11.5. The van der Waals surface area contributed by atoms with Crippen LogP contribution in [0, 0.1) is 6.07 Å². The third-order valence-electron chi connectivity index (χ3n) is 4.65. The summed E-state index contributed by atoms with van der Waals surface area (Å²) >= 11 is 0. The van der Waals surface area contributed by atoms with Crippen LogP contribution >= 0.6 is 0 Å². The van der Waals surface area contributed by atoms with Crippen molar-refractivity contribution in [3.8, 4) is 0 Å². The van der Waals surface area contributed by atoms with E-state index in [4.69, 9.17) is 0 Å². The number of benzene rings is 1. The van der Waals surface area contributed by atoms with E-state index >= 15 is 0 Å². The van der Waals surface area contributed by atoms with Gasteiger partial charge in [0.1, 0.15) is 0 Å². The average molecular weight is 243 g/mol. The molecule has 0 spiro atoms. The highest BCUT2D eigenvalue weighted by Crippen LogP contribution is 2.41. The predicted octanol–water partition coefficient (Wildman–Crippen LogP) is 2.89. The highest BCUT2D eigenvalue weighted by Gasteiger charge is 2.28. The Balaban J connectivity index is 1.80. The maximum Gasteiger partial charge on any atom is 0.0402 e. The fraction of sp³-hybridized carbons (Fsp3) is 0.625. The Morgan fingerprint density at radius 1 is 1.28 bits per heavy atom. The monoisotopic (exact) mass is 243 g/mol. The largest absolute Gasteiger partial charge is 0.370 e.